The quantitative estimate of drug-likeness (QED) is 0.611. The van der Waals surface area contributed by atoms with E-state index in [4.69, 9.17) is 11.6 Å². The summed E-state index contributed by atoms with van der Waals surface area (Å²) in [4.78, 5) is 8.04. The minimum Gasteiger partial charge on any atom is -0.265 e. The van der Waals surface area contributed by atoms with Gasteiger partial charge in [-0.25, -0.2) is 4.98 Å². The van der Waals surface area contributed by atoms with Crippen LogP contribution in [0.4, 0.5) is 0 Å². The Morgan fingerprint density at radius 2 is 1.94 bits per heavy atom. The number of hydrogen-bond donors (Lipinski definition) is 0. The summed E-state index contributed by atoms with van der Waals surface area (Å²) >= 11 is 8.20. The van der Waals surface area contributed by atoms with Gasteiger partial charge in [0.2, 0.25) is 0 Å². The Labute approximate surface area is 113 Å². The lowest BCUT2D eigenvalue weighted by Gasteiger charge is -1.98. The molecule has 0 saturated carbocycles. The van der Waals surface area contributed by atoms with Gasteiger partial charge in [0.15, 0.2) is 0 Å². The number of halogens is 2. The molecule has 2 rings (SSSR count). The molecule has 0 saturated heterocycles. The van der Waals surface area contributed by atoms with Crippen LogP contribution in [0.1, 0.15) is 11.1 Å². The van der Waals surface area contributed by atoms with Crippen LogP contribution in [0.25, 0.3) is 12.2 Å². The molecule has 2 nitrogen and oxygen atoms in total. The van der Waals surface area contributed by atoms with Crippen molar-refractivity contribution >= 4 is 46.3 Å². The van der Waals surface area contributed by atoms with Crippen LogP contribution < -0.4 is 0 Å². The average molecular weight is 343 g/mol. The first-order valence-corrected chi connectivity index (χ1v) is 6.10. The standard InChI is InChI=1S/C12H8ClIN2/c13-12-10(7-11(14)8-16-12)2-1-9-3-5-15-6-4-9/h1-8H/b2-1+. The first-order valence-electron chi connectivity index (χ1n) is 4.65. The summed E-state index contributed by atoms with van der Waals surface area (Å²) < 4.78 is 1.07. The van der Waals surface area contributed by atoms with Gasteiger partial charge in [0.25, 0.3) is 0 Å². The molecule has 16 heavy (non-hydrogen) atoms. The molecule has 0 aliphatic carbocycles. The van der Waals surface area contributed by atoms with E-state index in [0.29, 0.717) is 5.15 Å². The fourth-order valence-corrected chi connectivity index (χ4v) is 1.86. The molecule has 0 radical (unpaired) electrons. The van der Waals surface area contributed by atoms with Gasteiger partial charge >= 0.3 is 0 Å². The highest BCUT2D eigenvalue weighted by Gasteiger charge is 1.98. The van der Waals surface area contributed by atoms with Crippen LogP contribution in [0.3, 0.4) is 0 Å². The fraction of sp³-hybridized carbons (Fsp3) is 0. The van der Waals surface area contributed by atoms with E-state index in [2.05, 4.69) is 32.6 Å². The molecule has 0 aliphatic rings. The Morgan fingerprint density at radius 3 is 2.69 bits per heavy atom. The molecule has 0 N–H and O–H groups in total. The van der Waals surface area contributed by atoms with E-state index in [1.165, 1.54) is 0 Å². The first kappa shape index (κ1) is 11.5. The van der Waals surface area contributed by atoms with E-state index < -0.39 is 0 Å². The second-order valence-electron chi connectivity index (χ2n) is 3.15. The first-order chi connectivity index (χ1) is 7.75. The van der Waals surface area contributed by atoms with Crippen LogP contribution in [0, 0.1) is 3.57 Å². The molecule has 4 heteroatoms. The van der Waals surface area contributed by atoms with E-state index in [9.17, 15) is 0 Å². The topological polar surface area (TPSA) is 25.8 Å². The van der Waals surface area contributed by atoms with Crippen molar-refractivity contribution in [3.05, 3.63) is 56.6 Å². The van der Waals surface area contributed by atoms with Gasteiger partial charge in [-0.1, -0.05) is 23.8 Å². The molecule has 80 valence electrons. The molecule has 2 aromatic rings. The van der Waals surface area contributed by atoms with Crippen LogP contribution in [0.15, 0.2) is 36.8 Å². The molecule has 2 aromatic heterocycles. The van der Waals surface area contributed by atoms with Crippen LogP contribution >= 0.6 is 34.2 Å². The summed E-state index contributed by atoms with van der Waals surface area (Å²) in [5.74, 6) is 0. The zero-order valence-corrected chi connectivity index (χ0v) is 11.2. The second kappa shape index (κ2) is 5.41. The van der Waals surface area contributed by atoms with Crippen molar-refractivity contribution in [1.29, 1.82) is 0 Å². The van der Waals surface area contributed by atoms with Gasteiger partial charge in [-0.05, 0) is 46.4 Å². The number of aromatic nitrogens is 2. The highest BCUT2D eigenvalue weighted by molar-refractivity contribution is 14.1. The SMILES string of the molecule is Clc1ncc(I)cc1/C=C/c1ccncc1. The second-order valence-corrected chi connectivity index (χ2v) is 4.75. The number of nitrogens with zero attached hydrogens (tertiary/aromatic N) is 2. The summed E-state index contributed by atoms with van der Waals surface area (Å²) in [5.41, 5.74) is 2.01. The maximum absolute atomic E-state index is 5.98. The summed E-state index contributed by atoms with van der Waals surface area (Å²) in [7, 11) is 0. The zero-order chi connectivity index (χ0) is 11.4. The number of pyridine rings is 2. The monoisotopic (exact) mass is 342 g/mol. The van der Waals surface area contributed by atoms with Crippen LogP contribution in [0.2, 0.25) is 5.15 Å². The van der Waals surface area contributed by atoms with Crippen molar-refractivity contribution in [1.82, 2.24) is 9.97 Å². The average Bonchev–Trinajstić information content (AvgIpc) is 2.32. The van der Waals surface area contributed by atoms with Crippen LogP contribution in [-0.4, -0.2) is 9.97 Å². The lowest BCUT2D eigenvalue weighted by Crippen LogP contribution is -1.82. The van der Waals surface area contributed by atoms with E-state index in [0.717, 1.165) is 14.7 Å². The molecule has 0 unspecified atom stereocenters. The van der Waals surface area contributed by atoms with Crippen LogP contribution in [0.5, 0.6) is 0 Å². The summed E-state index contributed by atoms with van der Waals surface area (Å²) in [5, 5.41) is 0.519. The van der Waals surface area contributed by atoms with Crippen molar-refractivity contribution in [2.24, 2.45) is 0 Å². The third-order valence-electron chi connectivity index (χ3n) is 1.99. The van der Waals surface area contributed by atoms with Gasteiger partial charge in [0.05, 0.1) is 0 Å². The van der Waals surface area contributed by atoms with E-state index in [1.54, 1.807) is 18.6 Å². The van der Waals surface area contributed by atoms with E-state index in [-0.39, 0.29) is 0 Å². The van der Waals surface area contributed by atoms with Crippen molar-refractivity contribution in [2.45, 2.75) is 0 Å². The van der Waals surface area contributed by atoms with Crippen molar-refractivity contribution in [2.75, 3.05) is 0 Å². The molecule has 0 amide bonds. The Kier molecular flexibility index (Phi) is 3.90. The van der Waals surface area contributed by atoms with Gasteiger partial charge in [-0.2, -0.15) is 0 Å². The van der Waals surface area contributed by atoms with Crippen molar-refractivity contribution < 1.29 is 0 Å². The van der Waals surface area contributed by atoms with Gasteiger partial charge < -0.3 is 0 Å². The third kappa shape index (κ3) is 3.02. The predicted octanol–water partition coefficient (Wildman–Crippen LogP) is 3.91. The third-order valence-corrected chi connectivity index (χ3v) is 2.90. The zero-order valence-electron chi connectivity index (χ0n) is 8.27. The van der Waals surface area contributed by atoms with Gasteiger partial charge in [0.1, 0.15) is 5.15 Å². The molecule has 0 aliphatic heterocycles. The van der Waals surface area contributed by atoms with E-state index >= 15 is 0 Å². The van der Waals surface area contributed by atoms with Gasteiger partial charge in [-0.15, -0.1) is 0 Å². The minimum absolute atomic E-state index is 0.519. The number of rotatable bonds is 2. The summed E-state index contributed by atoms with van der Waals surface area (Å²) in [6.07, 6.45) is 9.20. The molecular weight excluding hydrogens is 335 g/mol. The maximum Gasteiger partial charge on any atom is 0.136 e. The lowest BCUT2D eigenvalue weighted by molar-refractivity contribution is 1.29. The van der Waals surface area contributed by atoms with Gasteiger partial charge in [0, 0.05) is 27.7 Å². The maximum atomic E-state index is 5.98. The Balaban J connectivity index is 2.27. The highest BCUT2D eigenvalue weighted by Crippen LogP contribution is 2.18. The molecule has 0 bridgehead atoms. The number of hydrogen-bond acceptors (Lipinski definition) is 2. The van der Waals surface area contributed by atoms with E-state index in [1.807, 2.05) is 30.4 Å². The summed E-state index contributed by atoms with van der Waals surface area (Å²) in [6.45, 7) is 0. The molecule has 2 heterocycles. The molecular formula is C12H8ClIN2. The normalized spacial score (nSPS) is 10.9. The fourth-order valence-electron chi connectivity index (χ4n) is 1.22. The minimum atomic E-state index is 0.519. The lowest BCUT2D eigenvalue weighted by atomic mass is 10.2. The van der Waals surface area contributed by atoms with Crippen LogP contribution in [-0.2, 0) is 0 Å². The van der Waals surface area contributed by atoms with Crippen molar-refractivity contribution in [3.8, 4) is 0 Å². The Bertz CT molecular complexity index is 512. The highest BCUT2D eigenvalue weighted by atomic mass is 127. The Morgan fingerprint density at radius 1 is 1.19 bits per heavy atom. The smallest absolute Gasteiger partial charge is 0.136 e. The van der Waals surface area contributed by atoms with Crippen molar-refractivity contribution in [3.63, 3.8) is 0 Å². The predicted molar refractivity (Wildman–Crippen MR) is 75.1 cm³/mol. The largest absolute Gasteiger partial charge is 0.265 e. The molecule has 0 atom stereocenters. The summed E-state index contributed by atoms with van der Waals surface area (Å²) in [6, 6.07) is 5.87. The molecule has 0 fully saturated rings. The molecule has 0 aromatic carbocycles. The molecule has 0 spiro atoms. The van der Waals surface area contributed by atoms with Gasteiger partial charge in [-0.3, -0.25) is 4.98 Å². The Hall–Kier alpha value is -0.940.